The van der Waals surface area contributed by atoms with Crippen LogP contribution >= 0.6 is 0 Å². The van der Waals surface area contributed by atoms with Crippen molar-refractivity contribution in [3.63, 3.8) is 0 Å². The SMILES string of the molecule is O=C(O)C1CN(C(=O)COc2ccc(Oc3ccccn3)cc2)CCO1. The second kappa shape index (κ2) is 8.30. The van der Waals surface area contributed by atoms with Gasteiger partial charge in [0.2, 0.25) is 5.88 Å². The predicted molar refractivity (Wildman–Crippen MR) is 90.2 cm³/mol. The van der Waals surface area contributed by atoms with Crippen LogP contribution in [0, 0.1) is 0 Å². The largest absolute Gasteiger partial charge is 0.484 e. The van der Waals surface area contributed by atoms with Crippen molar-refractivity contribution in [1.29, 1.82) is 0 Å². The average Bonchev–Trinajstić information content (AvgIpc) is 2.68. The maximum Gasteiger partial charge on any atom is 0.334 e. The lowest BCUT2D eigenvalue weighted by Gasteiger charge is -2.30. The minimum Gasteiger partial charge on any atom is -0.484 e. The van der Waals surface area contributed by atoms with Crippen molar-refractivity contribution in [3.8, 4) is 17.4 Å². The summed E-state index contributed by atoms with van der Waals surface area (Å²) < 4.78 is 16.1. The number of carbonyl (C=O) groups is 2. The molecule has 2 aromatic rings. The number of aliphatic carboxylic acids is 1. The predicted octanol–water partition coefficient (Wildman–Crippen LogP) is 1.56. The van der Waals surface area contributed by atoms with E-state index in [1.54, 1.807) is 42.6 Å². The highest BCUT2D eigenvalue weighted by molar-refractivity contribution is 5.79. The van der Waals surface area contributed by atoms with E-state index in [1.165, 1.54) is 4.90 Å². The molecule has 1 atom stereocenters. The van der Waals surface area contributed by atoms with Crippen molar-refractivity contribution in [3.05, 3.63) is 48.7 Å². The second-order valence-electron chi connectivity index (χ2n) is 5.57. The van der Waals surface area contributed by atoms with Gasteiger partial charge in [0.1, 0.15) is 11.5 Å². The number of pyridine rings is 1. The van der Waals surface area contributed by atoms with Gasteiger partial charge >= 0.3 is 5.97 Å². The molecule has 1 aliphatic rings. The number of rotatable bonds is 6. The number of morpholine rings is 1. The molecular formula is C18H18N2O6. The molecule has 0 radical (unpaired) electrons. The number of aromatic nitrogens is 1. The topological polar surface area (TPSA) is 98.2 Å². The molecule has 1 unspecified atom stereocenters. The smallest absolute Gasteiger partial charge is 0.334 e. The number of nitrogens with zero attached hydrogens (tertiary/aromatic N) is 2. The van der Waals surface area contributed by atoms with E-state index in [4.69, 9.17) is 19.3 Å². The van der Waals surface area contributed by atoms with Crippen LogP contribution in [0.2, 0.25) is 0 Å². The first kappa shape index (κ1) is 17.7. The molecule has 0 aliphatic carbocycles. The van der Waals surface area contributed by atoms with Gasteiger partial charge in [0, 0.05) is 18.8 Å². The quantitative estimate of drug-likeness (QED) is 0.837. The Kier molecular flexibility index (Phi) is 5.65. The third kappa shape index (κ3) is 4.70. The van der Waals surface area contributed by atoms with Gasteiger partial charge in [-0.15, -0.1) is 0 Å². The fourth-order valence-corrected chi connectivity index (χ4v) is 2.39. The number of amides is 1. The highest BCUT2D eigenvalue weighted by Crippen LogP contribution is 2.22. The maximum absolute atomic E-state index is 12.2. The summed E-state index contributed by atoms with van der Waals surface area (Å²) in [6.07, 6.45) is 0.648. The summed E-state index contributed by atoms with van der Waals surface area (Å²) in [4.78, 5) is 28.6. The van der Waals surface area contributed by atoms with E-state index < -0.39 is 12.1 Å². The molecule has 26 heavy (non-hydrogen) atoms. The zero-order chi connectivity index (χ0) is 18.4. The van der Waals surface area contributed by atoms with Crippen molar-refractivity contribution < 1.29 is 28.9 Å². The van der Waals surface area contributed by atoms with Gasteiger partial charge in [-0.05, 0) is 30.3 Å². The van der Waals surface area contributed by atoms with E-state index >= 15 is 0 Å². The van der Waals surface area contributed by atoms with Gasteiger partial charge in [0.25, 0.3) is 5.91 Å². The van der Waals surface area contributed by atoms with Crippen LogP contribution in [0.4, 0.5) is 0 Å². The summed E-state index contributed by atoms with van der Waals surface area (Å²) in [7, 11) is 0. The van der Waals surface area contributed by atoms with Gasteiger partial charge < -0.3 is 24.2 Å². The normalized spacial score (nSPS) is 16.8. The van der Waals surface area contributed by atoms with E-state index in [2.05, 4.69) is 4.98 Å². The molecule has 3 rings (SSSR count). The van der Waals surface area contributed by atoms with Crippen LogP contribution in [0.1, 0.15) is 0 Å². The molecule has 1 aliphatic heterocycles. The zero-order valence-electron chi connectivity index (χ0n) is 13.9. The van der Waals surface area contributed by atoms with Gasteiger partial charge in [-0.2, -0.15) is 0 Å². The molecule has 0 spiro atoms. The van der Waals surface area contributed by atoms with Crippen molar-refractivity contribution in [2.45, 2.75) is 6.10 Å². The molecule has 0 saturated carbocycles. The summed E-state index contributed by atoms with van der Waals surface area (Å²) in [5.74, 6) is 0.228. The number of carbonyl (C=O) groups excluding carboxylic acids is 1. The van der Waals surface area contributed by atoms with E-state index in [0.717, 1.165) is 0 Å². The number of hydrogen-bond donors (Lipinski definition) is 1. The van der Waals surface area contributed by atoms with Crippen LogP contribution in [0.5, 0.6) is 17.4 Å². The average molecular weight is 358 g/mol. The van der Waals surface area contributed by atoms with E-state index in [1.807, 2.05) is 6.07 Å². The highest BCUT2D eigenvalue weighted by Gasteiger charge is 2.29. The van der Waals surface area contributed by atoms with E-state index in [0.29, 0.717) is 23.9 Å². The Balaban J connectivity index is 1.50. The summed E-state index contributed by atoms with van der Waals surface area (Å²) in [5.41, 5.74) is 0. The molecule has 1 amide bonds. The van der Waals surface area contributed by atoms with Crippen molar-refractivity contribution in [2.75, 3.05) is 26.3 Å². The number of ether oxygens (including phenoxy) is 3. The Hall–Kier alpha value is -3.13. The first-order chi connectivity index (χ1) is 12.6. The lowest BCUT2D eigenvalue weighted by molar-refractivity contribution is -0.159. The molecule has 136 valence electrons. The zero-order valence-corrected chi connectivity index (χ0v) is 13.9. The summed E-state index contributed by atoms with van der Waals surface area (Å²) in [6.45, 7) is 0.395. The molecule has 2 heterocycles. The van der Waals surface area contributed by atoms with E-state index in [9.17, 15) is 9.59 Å². The summed E-state index contributed by atoms with van der Waals surface area (Å²) >= 11 is 0. The van der Waals surface area contributed by atoms with Gasteiger partial charge in [-0.25, -0.2) is 9.78 Å². The third-order valence-electron chi connectivity index (χ3n) is 3.74. The molecule has 1 N–H and O–H groups in total. The molecule has 1 fully saturated rings. The van der Waals surface area contributed by atoms with Crippen LogP contribution in [0.15, 0.2) is 48.7 Å². The Morgan fingerprint density at radius 3 is 2.65 bits per heavy atom. The monoisotopic (exact) mass is 358 g/mol. The fraction of sp³-hybridized carbons (Fsp3) is 0.278. The fourth-order valence-electron chi connectivity index (χ4n) is 2.39. The first-order valence-electron chi connectivity index (χ1n) is 8.06. The van der Waals surface area contributed by atoms with Crippen molar-refractivity contribution >= 4 is 11.9 Å². The van der Waals surface area contributed by atoms with E-state index in [-0.39, 0.29) is 25.7 Å². The van der Waals surface area contributed by atoms with Crippen LogP contribution in [-0.2, 0) is 14.3 Å². The van der Waals surface area contributed by atoms with Crippen LogP contribution in [0.3, 0.4) is 0 Å². The highest BCUT2D eigenvalue weighted by atomic mass is 16.5. The second-order valence-corrected chi connectivity index (χ2v) is 5.57. The molecule has 8 heteroatoms. The molecule has 8 nitrogen and oxygen atoms in total. The van der Waals surface area contributed by atoms with Crippen LogP contribution < -0.4 is 9.47 Å². The Bertz CT molecular complexity index is 750. The van der Waals surface area contributed by atoms with Crippen molar-refractivity contribution in [2.24, 2.45) is 0 Å². The first-order valence-corrected chi connectivity index (χ1v) is 8.06. The summed E-state index contributed by atoms with van der Waals surface area (Å²) in [5, 5.41) is 8.97. The standard InChI is InChI=1S/C18H18N2O6/c21-17(20-9-10-24-15(11-20)18(22)23)12-25-13-4-6-14(7-5-13)26-16-3-1-2-8-19-16/h1-8,15H,9-12H2,(H,22,23). The van der Waals surface area contributed by atoms with Gasteiger partial charge in [-0.3, -0.25) is 4.79 Å². The maximum atomic E-state index is 12.2. The minimum atomic E-state index is -1.08. The van der Waals surface area contributed by atoms with Crippen molar-refractivity contribution in [1.82, 2.24) is 9.88 Å². The van der Waals surface area contributed by atoms with Crippen LogP contribution in [-0.4, -0.2) is 59.3 Å². The van der Waals surface area contributed by atoms with Gasteiger partial charge in [-0.1, -0.05) is 6.07 Å². The Labute approximate surface area is 149 Å². The summed E-state index contributed by atoms with van der Waals surface area (Å²) in [6, 6.07) is 12.2. The van der Waals surface area contributed by atoms with Gasteiger partial charge in [0.15, 0.2) is 12.7 Å². The number of benzene rings is 1. The lowest BCUT2D eigenvalue weighted by Crippen LogP contribution is -2.49. The molecule has 1 saturated heterocycles. The molecule has 0 bridgehead atoms. The number of carboxylic acid groups (broad SMARTS) is 1. The Morgan fingerprint density at radius 1 is 1.19 bits per heavy atom. The molecule has 1 aromatic carbocycles. The van der Waals surface area contributed by atoms with Gasteiger partial charge in [0.05, 0.1) is 13.2 Å². The molecular weight excluding hydrogens is 340 g/mol. The minimum absolute atomic E-state index is 0.0222. The van der Waals surface area contributed by atoms with Crippen LogP contribution in [0.25, 0.3) is 0 Å². The molecule has 1 aromatic heterocycles. The lowest BCUT2D eigenvalue weighted by atomic mass is 10.2. The Morgan fingerprint density at radius 2 is 1.96 bits per heavy atom. The number of carboxylic acids is 1. The number of hydrogen-bond acceptors (Lipinski definition) is 6. The third-order valence-corrected chi connectivity index (χ3v) is 3.74.